The highest BCUT2D eigenvalue weighted by atomic mass is 19.4. The number of rotatable bonds is 5. The molecule has 0 radical (unpaired) electrons. The van der Waals surface area contributed by atoms with Gasteiger partial charge in [-0.2, -0.15) is 18.3 Å². The van der Waals surface area contributed by atoms with Crippen molar-refractivity contribution in [3.05, 3.63) is 65.5 Å². The van der Waals surface area contributed by atoms with Crippen molar-refractivity contribution in [2.45, 2.75) is 13.1 Å². The van der Waals surface area contributed by atoms with Gasteiger partial charge in [0.25, 0.3) is 5.91 Å². The number of hydrogen-bond acceptors (Lipinski definition) is 4. The number of benzene rings is 2. The third-order valence-electron chi connectivity index (χ3n) is 4.14. The van der Waals surface area contributed by atoms with Gasteiger partial charge in [-0.3, -0.25) is 4.79 Å². The van der Waals surface area contributed by atoms with Gasteiger partial charge in [-0.1, -0.05) is 0 Å². The first-order chi connectivity index (χ1) is 13.7. The maximum absolute atomic E-state index is 13.2. The summed E-state index contributed by atoms with van der Waals surface area (Å²) in [5.74, 6) is 0.497. The quantitative estimate of drug-likeness (QED) is 0.680. The molecule has 1 N–H and O–H groups in total. The van der Waals surface area contributed by atoms with Crippen molar-refractivity contribution in [3.63, 3.8) is 0 Å². The Hall–Kier alpha value is -3.49. The van der Waals surface area contributed by atoms with E-state index in [1.807, 2.05) is 0 Å². The molecule has 9 heteroatoms. The Morgan fingerprint density at radius 2 is 1.66 bits per heavy atom. The molecule has 2 aromatic carbocycles. The van der Waals surface area contributed by atoms with Gasteiger partial charge in [0.1, 0.15) is 5.69 Å². The summed E-state index contributed by atoms with van der Waals surface area (Å²) in [7, 11) is 2.95. The Bertz CT molecular complexity index is 1030. The molecule has 0 saturated carbocycles. The molecule has 1 amide bonds. The molecule has 0 fully saturated rings. The van der Waals surface area contributed by atoms with Crippen LogP contribution in [0.25, 0.3) is 5.69 Å². The molecule has 29 heavy (non-hydrogen) atoms. The second-order valence-corrected chi connectivity index (χ2v) is 6.15. The molecule has 1 heterocycles. The van der Waals surface area contributed by atoms with E-state index in [0.29, 0.717) is 22.7 Å². The highest BCUT2D eigenvalue weighted by Gasteiger charge is 2.35. The van der Waals surface area contributed by atoms with Crippen molar-refractivity contribution < 1.29 is 27.4 Å². The number of aryl methyl sites for hydroxylation is 1. The number of anilines is 1. The van der Waals surface area contributed by atoms with E-state index in [1.165, 1.54) is 51.5 Å². The van der Waals surface area contributed by atoms with Crippen LogP contribution in [0.3, 0.4) is 0 Å². The predicted octanol–water partition coefficient (Wildman–Crippen LogP) is 4.47. The molecule has 0 spiro atoms. The summed E-state index contributed by atoms with van der Waals surface area (Å²) in [6.45, 7) is 1.49. The minimum absolute atomic E-state index is 0.231. The van der Waals surface area contributed by atoms with Crippen LogP contribution in [0.15, 0.2) is 48.5 Å². The molecule has 0 bridgehead atoms. The van der Waals surface area contributed by atoms with Crippen LogP contribution in [0.2, 0.25) is 0 Å². The minimum atomic E-state index is -4.53. The fourth-order valence-electron chi connectivity index (χ4n) is 2.76. The van der Waals surface area contributed by atoms with Gasteiger partial charge in [-0.25, -0.2) is 4.68 Å². The topological polar surface area (TPSA) is 65.4 Å². The molecule has 1 aromatic heterocycles. The number of alkyl halides is 3. The van der Waals surface area contributed by atoms with E-state index in [0.717, 1.165) is 10.7 Å². The lowest BCUT2D eigenvalue weighted by atomic mass is 10.1. The fourth-order valence-corrected chi connectivity index (χ4v) is 2.76. The second kappa shape index (κ2) is 7.86. The Kier molecular flexibility index (Phi) is 5.49. The summed E-state index contributed by atoms with van der Waals surface area (Å²) >= 11 is 0. The van der Waals surface area contributed by atoms with Crippen molar-refractivity contribution >= 4 is 11.6 Å². The van der Waals surface area contributed by atoms with Crippen LogP contribution >= 0.6 is 0 Å². The molecular formula is C20H18F3N3O3. The van der Waals surface area contributed by atoms with Crippen LogP contribution in [0, 0.1) is 6.92 Å². The van der Waals surface area contributed by atoms with Crippen LogP contribution in [-0.2, 0) is 6.18 Å². The Labute approximate surface area is 164 Å². The highest BCUT2D eigenvalue weighted by molar-refractivity contribution is 6.04. The molecule has 0 aliphatic carbocycles. The summed E-state index contributed by atoms with van der Waals surface area (Å²) in [6, 6.07) is 11.6. The minimum Gasteiger partial charge on any atom is -0.493 e. The molecule has 3 rings (SSSR count). The molecule has 0 atom stereocenters. The number of nitrogens with one attached hydrogen (secondary N) is 1. The molecule has 3 aromatic rings. The normalized spacial score (nSPS) is 11.2. The number of methoxy groups -OCH3 is 2. The van der Waals surface area contributed by atoms with Crippen LogP contribution in [0.1, 0.15) is 21.7 Å². The number of hydrogen-bond donors (Lipinski definition) is 1. The van der Waals surface area contributed by atoms with Crippen molar-refractivity contribution in [1.29, 1.82) is 0 Å². The Morgan fingerprint density at radius 3 is 2.24 bits per heavy atom. The summed E-state index contributed by atoms with van der Waals surface area (Å²) in [4.78, 5) is 12.5. The lowest BCUT2D eigenvalue weighted by molar-refractivity contribution is -0.142. The van der Waals surface area contributed by atoms with Crippen LogP contribution in [-0.4, -0.2) is 29.9 Å². The van der Waals surface area contributed by atoms with Crippen molar-refractivity contribution in [2.75, 3.05) is 19.5 Å². The van der Waals surface area contributed by atoms with Crippen molar-refractivity contribution in [1.82, 2.24) is 9.78 Å². The summed E-state index contributed by atoms with van der Waals surface area (Å²) in [5, 5.41) is 6.59. The van der Waals surface area contributed by atoms with E-state index in [4.69, 9.17) is 9.47 Å². The third-order valence-corrected chi connectivity index (χ3v) is 4.14. The number of halogens is 3. The Morgan fingerprint density at radius 1 is 1.00 bits per heavy atom. The van der Waals surface area contributed by atoms with Crippen LogP contribution in [0.4, 0.5) is 18.9 Å². The van der Waals surface area contributed by atoms with Gasteiger partial charge in [0.2, 0.25) is 0 Å². The smallest absolute Gasteiger partial charge is 0.433 e. The number of nitrogens with zero attached hydrogens (tertiary/aromatic N) is 2. The van der Waals surface area contributed by atoms with Crippen molar-refractivity contribution in [3.8, 4) is 17.2 Å². The average molecular weight is 405 g/mol. The average Bonchev–Trinajstić information content (AvgIpc) is 3.10. The lowest BCUT2D eigenvalue weighted by Crippen LogP contribution is -2.14. The molecule has 0 saturated heterocycles. The van der Waals surface area contributed by atoms with Crippen LogP contribution < -0.4 is 14.8 Å². The van der Waals surface area contributed by atoms with Gasteiger partial charge in [-0.15, -0.1) is 0 Å². The first-order valence-corrected chi connectivity index (χ1v) is 8.50. The Balaban J connectivity index is 1.81. The first kappa shape index (κ1) is 20.2. The SMILES string of the molecule is COc1ccc(C(=O)Nc2ccc(-n3nc(C)cc3C(F)(F)F)cc2)cc1OC. The standard InChI is InChI=1S/C20H18F3N3O3/c1-12-10-18(20(21,22)23)26(25-12)15-7-5-14(6-8-15)24-19(27)13-4-9-16(28-2)17(11-13)29-3/h4-11H,1-3H3,(H,24,27). The molecule has 0 aliphatic rings. The molecule has 152 valence electrons. The number of carbonyl (C=O) groups is 1. The van der Waals surface area contributed by atoms with E-state index in [1.54, 1.807) is 12.1 Å². The number of ether oxygens (including phenoxy) is 2. The van der Waals surface area contributed by atoms with E-state index in [-0.39, 0.29) is 11.4 Å². The summed E-state index contributed by atoms with van der Waals surface area (Å²) in [5.41, 5.74) is 0.384. The zero-order valence-corrected chi connectivity index (χ0v) is 15.9. The zero-order chi connectivity index (χ0) is 21.2. The fraction of sp³-hybridized carbons (Fsp3) is 0.200. The maximum atomic E-state index is 13.2. The second-order valence-electron chi connectivity index (χ2n) is 6.15. The summed E-state index contributed by atoms with van der Waals surface area (Å²) in [6.07, 6.45) is -4.53. The van der Waals surface area contributed by atoms with Gasteiger partial charge in [-0.05, 0) is 55.5 Å². The van der Waals surface area contributed by atoms with Gasteiger partial charge in [0.05, 0.1) is 25.6 Å². The molecular weight excluding hydrogens is 387 g/mol. The van der Waals surface area contributed by atoms with Gasteiger partial charge in [0, 0.05) is 11.3 Å². The first-order valence-electron chi connectivity index (χ1n) is 8.50. The molecule has 0 unspecified atom stereocenters. The van der Waals surface area contributed by atoms with Gasteiger partial charge >= 0.3 is 6.18 Å². The highest BCUT2D eigenvalue weighted by Crippen LogP contribution is 2.32. The molecule has 0 aliphatic heterocycles. The number of carbonyl (C=O) groups excluding carboxylic acids is 1. The summed E-state index contributed by atoms with van der Waals surface area (Å²) < 4.78 is 50.6. The number of aromatic nitrogens is 2. The van der Waals surface area contributed by atoms with Crippen molar-refractivity contribution in [2.24, 2.45) is 0 Å². The van der Waals surface area contributed by atoms with E-state index >= 15 is 0 Å². The zero-order valence-electron chi connectivity index (χ0n) is 15.9. The molecule has 6 nitrogen and oxygen atoms in total. The van der Waals surface area contributed by atoms with E-state index in [9.17, 15) is 18.0 Å². The predicted molar refractivity (Wildman–Crippen MR) is 101 cm³/mol. The van der Waals surface area contributed by atoms with Crippen LogP contribution in [0.5, 0.6) is 11.5 Å². The van der Waals surface area contributed by atoms with E-state index < -0.39 is 17.8 Å². The van der Waals surface area contributed by atoms with E-state index in [2.05, 4.69) is 10.4 Å². The van der Waals surface area contributed by atoms with Gasteiger partial charge in [0.15, 0.2) is 11.5 Å². The largest absolute Gasteiger partial charge is 0.493 e. The monoisotopic (exact) mass is 405 g/mol. The maximum Gasteiger partial charge on any atom is 0.433 e. The number of amides is 1. The lowest BCUT2D eigenvalue weighted by Gasteiger charge is -2.12. The van der Waals surface area contributed by atoms with Gasteiger partial charge < -0.3 is 14.8 Å². The third kappa shape index (κ3) is 4.34.